The molecule has 0 unspecified atom stereocenters. The minimum atomic E-state index is -5.87. The third kappa shape index (κ3) is 12.0. The molecule has 0 radical (unpaired) electrons. The average Bonchev–Trinajstić information content (AvgIpc) is 2.84. The van der Waals surface area contributed by atoms with Gasteiger partial charge in [-0.25, -0.2) is 8.78 Å². The van der Waals surface area contributed by atoms with Crippen LogP contribution in [0, 0.1) is 11.8 Å². The molecule has 0 saturated heterocycles. The van der Waals surface area contributed by atoms with Crippen LogP contribution < -0.4 is 0 Å². The Morgan fingerprint density at radius 1 is 0.946 bits per heavy atom. The number of hydrogen-bond acceptors (Lipinski definition) is 6. The highest BCUT2D eigenvalue weighted by atomic mass is 79.9. The topological polar surface area (TPSA) is 110 Å². The number of rotatable bonds is 13. The summed E-state index contributed by atoms with van der Waals surface area (Å²) in [4.78, 5) is 8.32. The molecule has 6 atom stereocenters. The molecule has 0 aromatic heterocycles. The van der Waals surface area contributed by atoms with E-state index in [2.05, 4.69) is 35.9 Å². The minimum Gasteiger partial charge on any atom is -0.399 e. The molecule has 37 heavy (non-hydrogen) atoms. The molecule has 2 N–H and O–H groups in total. The maximum atomic E-state index is 14.1. The molecule has 0 amide bonds. The lowest BCUT2D eigenvalue weighted by atomic mass is 9.98. The molecule has 216 valence electrons. The van der Waals surface area contributed by atoms with Gasteiger partial charge in [0.1, 0.15) is 31.5 Å². The Kier molecular flexibility index (Phi) is 16.2. The summed E-state index contributed by atoms with van der Waals surface area (Å²) < 4.78 is 65.5. The van der Waals surface area contributed by atoms with Crippen LogP contribution in [0.4, 0.5) is 8.78 Å². The maximum absolute atomic E-state index is 14.1. The van der Waals surface area contributed by atoms with Gasteiger partial charge in [0.25, 0.3) is 0 Å². The average molecular weight is 679 g/mol. The Morgan fingerprint density at radius 3 is 1.84 bits per heavy atom. The lowest BCUT2D eigenvalue weighted by Crippen LogP contribution is -2.42. The molecule has 0 spiro atoms. The highest BCUT2D eigenvalue weighted by Crippen LogP contribution is 2.42. The van der Waals surface area contributed by atoms with Gasteiger partial charge in [-0.15, -0.1) is 0 Å². The van der Waals surface area contributed by atoms with Crippen LogP contribution in [0.15, 0.2) is 27.3 Å². The van der Waals surface area contributed by atoms with E-state index in [1.165, 1.54) is 27.4 Å². The van der Waals surface area contributed by atoms with Crippen molar-refractivity contribution in [1.29, 1.82) is 0 Å². The second-order valence-electron chi connectivity index (χ2n) is 7.94. The fourth-order valence-electron chi connectivity index (χ4n) is 2.86. The Balaban J connectivity index is 0.000000908. The Bertz CT molecular complexity index is 973. The fourth-order valence-corrected chi connectivity index (χ4v) is 5.73. The van der Waals surface area contributed by atoms with Gasteiger partial charge >= 0.3 is 0 Å². The van der Waals surface area contributed by atoms with Gasteiger partial charge in [-0.05, 0) is 25.0 Å². The molecule has 0 aliphatic rings. The van der Waals surface area contributed by atoms with E-state index < -0.39 is 39.2 Å². The second-order valence-corrected chi connectivity index (χ2v) is 12.6. The van der Waals surface area contributed by atoms with E-state index in [1.54, 1.807) is 6.92 Å². The van der Waals surface area contributed by atoms with Crippen molar-refractivity contribution in [2.75, 3.05) is 14.2 Å². The van der Waals surface area contributed by atoms with E-state index in [0.717, 1.165) is 24.8 Å². The van der Waals surface area contributed by atoms with Crippen LogP contribution in [0.1, 0.15) is 40.5 Å². The van der Waals surface area contributed by atoms with Crippen LogP contribution in [0.25, 0.3) is 0 Å². The molecule has 1 aromatic carbocycles. The lowest BCUT2D eigenvalue weighted by Gasteiger charge is -2.37. The molecule has 1 rings (SSSR count). The maximum Gasteiger partial charge on any atom is 0.217 e. The van der Waals surface area contributed by atoms with Crippen molar-refractivity contribution in [3.63, 3.8) is 0 Å². The quantitative estimate of drug-likeness (QED) is 0.0952. The SMILES string of the molecule is CC[C@@H](OS(=O)(O)(O)c1cc(Cl)c(Cl)cc1Cl)[C@@H](C)[C@H](F)C=NOC.CC[C@H](Br)[C@@H](C)[C@H](F)C=NOC. The van der Waals surface area contributed by atoms with Crippen molar-refractivity contribution in [2.24, 2.45) is 22.1 Å². The summed E-state index contributed by atoms with van der Waals surface area (Å²) in [7, 11) is -3.22. The summed E-state index contributed by atoms with van der Waals surface area (Å²) in [5.41, 5.74) is 0. The van der Waals surface area contributed by atoms with Gasteiger partial charge < -0.3 is 9.68 Å². The highest BCUT2D eigenvalue weighted by Gasteiger charge is 2.42. The summed E-state index contributed by atoms with van der Waals surface area (Å²) in [5, 5.41) is 6.30. The van der Waals surface area contributed by atoms with Gasteiger partial charge in [0.15, 0.2) is 0 Å². The van der Waals surface area contributed by atoms with E-state index in [0.29, 0.717) is 0 Å². The zero-order valence-corrected chi connectivity index (χ0v) is 26.0. The van der Waals surface area contributed by atoms with E-state index in [9.17, 15) is 22.1 Å². The molecule has 0 aliphatic carbocycles. The van der Waals surface area contributed by atoms with Crippen molar-refractivity contribution in [1.82, 2.24) is 0 Å². The number of alkyl halides is 3. The van der Waals surface area contributed by atoms with Crippen molar-refractivity contribution in [3.05, 3.63) is 27.2 Å². The first-order valence-electron chi connectivity index (χ1n) is 11.1. The minimum absolute atomic E-state index is 0.0264. The molecule has 0 saturated carbocycles. The van der Waals surface area contributed by atoms with Gasteiger partial charge in [-0.2, -0.15) is 4.21 Å². The molecule has 0 fully saturated rings. The molecule has 15 heteroatoms. The third-order valence-electron chi connectivity index (χ3n) is 5.22. The zero-order valence-electron chi connectivity index (χ0n) is 21.3. The van der Waals surface area contributed by atoms with Gasteiger partial charge in [0, 0.05) is 16.7 Å². The molecular formula is C22H34BrCl3F2N2O6S. The van der Waals surface area contributed by atoms with Gasteiger partial charge in [-0.1, -0.05) is 88.7 Å². The van der Waals surface area contributed by atoms with E-state index >= 15 is 0 Å². The van der Waals surface area contributed by atoms with Crippen molar-refractivity contribution < 1.29 is 36.0 Å². The van der Waals surface area contributed by atoms with Gasteiger partial charge in [0.2, 0.25) is 9.91 Å². The third-order valence-corrected chi connectivity index (χ3v) is 9.53. The first kappa shape index (κ1) is 36.4. The first-order valence-corrected chi connectivity index (χ1v) is 15.0. The standard InChI is InChI=1S/C14H19Cl3FNO5S.C8H15BrFNO/c1-4-13(8(2)12(18)7-19-23-3)24-25(20,21,22)14-6-10(16)9(15)5-11(14)17;1-4-7(9)6(2)8(10)5-11-12-3/h5-8,12-13H,4H2,1-3H3,(H2,20,21,22);5-8H,4H2,1-3H3/t8-,12+,13+;6-,7+,8-/m01/s1. The van der Waals surface area contributed by atoms with Gasteiger partial charge in [-0.3, -0.25) is 13.3 Å². The number of halogens is 6. The largest absolute Gasteiger partial charge is 0.399 e. The summed E-state index contributed by atoms with van der Waals surface area (Å²) >= 11 is 20.9. The van der Waals surface area contributed by atoms with Crippen molar-refractivity contribution >= 4 is 73.1 Å². The van der Waals surface area contributed by atoms with E-state index in [1.807, 2.05) is 13.8 Å². The molecular weight excluding hydrogens is 645 g/mol. The number of hydrogen-bond donors (Lipinski definition) is 2. The summed E-state index contributed by atoms with van der Waals surface area (Å²) in [6.07, 6.45) is -0.729. The molecule has 0 heterocycles. The van der Waals surface area contributed by atoms with Gasteiger partial charge in [0.05, 0.1) is 33.6 Å². The monoisotopic (exact) mass is 676 g/mol. The molecule has 8 nitrogen and oxygen atoms in total. The van der Waals surface area contributed by atoms with Crippen LogP contribution in [0.2, 0.25) is 15.1 Å². The van der Waals surface area contributed by atoms with Crippen LogP contribution in [0.3, 0.4) is 0 Å². The number of nitrogens with zero attached hydrogens (tertiary/aromatic N) is 2. The summed E-state index contributed by atoms with van der Waals surface area (Å²) in [6.45, 7) is 6.88. The fraction of sp³-hybridized carbons (Fsp3) is 0.636. The Labute approximate surface area is 240 Å². The summed E-state index contributed by atoms with van der Waals surface area (Å²) in [5.74, 6) is -0.997. The molecule has 1 aromatic rings. The normalized spacial score (nSPS) is 18.2. The molecule has 0 aliphatic heterocycles. The summed E-state index contributed by atoms with van der Waals surface area (Å²) in [6, 6.07) is 2.02. The van der Waals surface area contributed by atoms with Crippen molar-refractivity contribution in [2.45, 2.75) is 68.7 Å². The molecule has 0 bridgehead atoms. The van der Waals surface area contributed by atoms with Crippen LogP contribution in [-0.4, -0.2) is 63.2 Å². The highest BCUT2D eigenvalue weighted by molar-refractivity contribution is 9.09. The predicted octanol–water partition coefficient (Wildman–Crippen LogP) is 7.85. The number of oxime groups is 2. The van der Waals surface area contributed by atoms with Crippen LogP contribution >= 0.6 is 50.7 Å². The Morgan fingerprint density at radius 2 is 1.41 bits per heavy atom. The predicted molar refractivity (Wildman–Crippen MR) is 150 cm³/mol. The lowest BCUT2D eigenvalue weighted by molar-refractivity contribution is 0.0726. The van der Waals surface area contributed by atoms with E-state index in [-0.39, 0.29) is 32.2 Å². The second kappa shape index (κ2) is 16.5. The smallest absolute Gasteiger partial charge is 0.217 e. The Hall–Kier alpha value is -0.600. The number of benzene rings is 1. The zero-order chi connectivity index (χ0) is 29.0. The van der Waals surface area contributed by atoms with E-state index in [4.69, 9.17) is 39.0 Å². The van der Waals surface area contributed by atoms with Crippen LogP contribution in [-0.2, 0) is 23.8 Å². The van der Waals surface area contributed by atoms with Crippen molar-refractivity contribution in [3.8, 4) is 0 Å². The van der Waals surface area contributed by atoms with Crippen LogP contribution in [0.5, 0.6) is 0 Å². The first-order chi connectivity index (χ1) is 17.0.